The van der Waals surface area contributed by atoms with Gasteiger partial charge in [0.15, 0.2) is 0 Å². The minimum atomic E-state index is -4.12. The number of hydrogen-bond donors (Lipinski definition) is 0. The smallest absolute Gasteiger partial charge is 0.401 e. The van der Waals surface area contributed by atoms with Gasteiger partial charge in [-0.15, -0.1) is 0 Å². The molecular weight excluding hydrogens is 249 g/mol. The Labute approximate surface area is 105 Å². The quantitative estimate of drug-likeness (QED) is 0.700. The predicted molar refractivity (Wildman–Crippen MR) is 60.2 cm³/mol. The maximum Gasteiger partial charge on any atom is 0.401 e. The lowest BCUT2D eigenvalue weighted by atomic mass is 10.2. The summed E-state index contributed by atoms with van der Waals surface area (Å²) in [7, 11) is 1.35. The number of alkyl halides is 3. The molecule has 0 radical (unpaired) electrons. The third kappa shape index (κ3) is 6.20. The molecule has 1 rings (SSSR count). The zero-order valence-corrected chi connectivity index (χ0v) is 10.5. The highest BCUT2D eigenvalue weighted by Gasteiger charge is 2.31. The molecule has 0 atom stereocenters. The minimum Gasteiger partial charge on any atom is -0.469 e. The summed E-state index contributed by atoms with van der Waals surface area (Å²) >= 11 is 0. The highest BCUT2D eigenvalue weighted by Crippen LogP contribution is 2.17. The van der Waals surface area contributed by atoms with Crippen LogP contribution in [0.25, 0.3) is 0 Å². The van der Waals surface area contributed by atoms with Crippen LogP contribution in [0.4, 0.5) is 13.2 Å². The number of nitrogens with zero attached hydrogens (tertiary/aromatic N) is 2. The maximum atomic E-state index is 12.2. The molecular formula is C11H19F3N2O2. The summed E-state index contributed by atoms with van der Waals surface area (Å²) < 4.78 is 41.0. The van der Waals surface area contributed by atoms with Crippen molar-refractivity contribution in [2.75, 3.05) is 46.4 Å². The molecule has 1 aliphatic heterocycles. The topological polar surface area (TPSA) is 32.8 Å². The van der Waals surface area contributed by atoms with Crippen molar-refractivity contribution in [1.29, 1.82) is 0 Å². The van der Waals surface area contributed by atoms with E-state index in [1.807, 2.05) is 0 Å². The molecule has 1 saturated heterocycles. The Morgan fingerprint density at radius 2 is 1.72 bits per heavy atom. The lowest BCUT2D eigenvalue weighted by Gasteiger charge is -2.34. The van der Waals surface area contributed by atoms with Crippen molar-refractivity contribution in [3.05, 3.63) is 0 Å². The van der Waals surface area contributed by atoms with Crippen molar-refractivity contribution in [1.82, 2.24) is 9.80 Å². The fraction of sp³-hybridized carbons (Fsp3) is 0.909. The molecule has 0 bridgehead atoms. The van der Waals surface area contributed by atoms with E-state index in [9.17, 15) is 18.0 Å². The molecule has 7 heteroatoms. The van der Waals surface area contributed by atoms with Crippen LogP contribution in [0.2, 0.25) is 0 Å². The Morgan fingerprint density at radius 3 is 2.22 bits per heavy atom. The Balaban J connectivity index is 2.14. The van der Waals surface area contributed by atoms with Gasteiger partial charge in [-0.3, -0.25) is 9.69 Å². The molecule has 0 N–H and O–H groups in total. The fourth-order valence-corrected chi connectivity index (χ4v) is 1.97. The van der Waals surface area contributed by atoms with Crippen molar-refractivity contribution < 1.29 is 22.7 Å². The van der Waals surface area contributed by atoms with Crippen LogP contribution in [0.1, 0.15) is 12.8 Å². The Hall–Kier alpha value is -0.820. The van der Waals surface area contributed by atoms with Gasteiger partial charge in [0, 0.05) is 32.6 Å². The van der Waals surface area contributed by atoms with Gasteiger partial charge in [0.05, 0.1) is 13.7 Å². The van der Waals surface area contributed by atoms with Crippen molar-refractivity contribution in [2.24, 2.45) is 0 Å². The number of carbonyl (C=O) groups excluding carboxylic acids is 1. The van der Waals surface area contributed by atoms with E-state index >= 15 is 0 Å². The molecule has 1 aliphatic rings. The number of halogens is 3. The molecule has 0 unspecified atom stereocenters. The maximum absolute atomic E-state index is 12.2. The van der Waals surface area contributed by atoms with E-state index in [-0.39, 0.29) is 5.97 Å². The number of hydrogen-bond acceptors (Lipinski definition) is 4. The molecule has 0 aromatic rings. The van der Waals surface area contributed by atoms with Crippen molar-refractivity contribution in [3.63, 3.8) is 0 Å². The largest absolute Gasteiger partial charge is 0.469 e. The highest BCUT2D eigenvalue weighted by molar-refractivity contribution is 5.69. The SMILES string of the molecule is COC(=O)CCCN1CCN(CC(F)(F)F)CC1. The number of ether oxygens (including phenoxy) is 1. The van der Waals surface area contributed by atoms with E-state index < -0.39 is 12.7 Å². The summed E-state index contributed by atoms with van der Waals surface area (Å²) in [4.78, 5) is 14.4. The number of piperazine rings is 1. The van der Waals surface area contributed by atoms with Crippen LogP contribution in [0, 0.1) is 0 Å². The fourth-order valence-electron chi connectivity index (χ4n) is 1.97. The van der Waals surface area contributed by atoms with E-state index in [0.29, 0.717) is 39.0 Å². The molecule has 106 valence electrons. The summed E-state index contributed by atoms with van der Waals surface area (Å²) in [6.07, 6.45) is -3.07. The molecule has 0 spiro atoms. The Kier molecular flexibility index (Phi) is 5.87. The number of esters is 1. The highest BCUT2D eigenvalue weighted by atomic mass is 19.4. The lowest BCUT2D eigenvalue weighted by molar-refractivity contribution is -0.149. The van der Waals surface area contributed by atoms with Crippen LogP contribution in [0.5, 0.6) is 0 Å². The van der Waals surface area contributed by atoms with Crippen LogP contribution in [-0.4, -0.2) is 68.3 Å². The van der Waals surface area contributed by atoms with Gasteiger partial charge >= 0.3 is 12.1 Å². The zero-order valence-electron chi connectivity index (χ0n) is 10.5. The second kappa shape index (κ2) is 6.94. The van der Waals surface area contributed by atoms with Crippen LogP contribution in [-0.2, 0) is 9.53 Å². The summed E-state index contributed by atoms with van der Waals surface area (Å²) in [6, 6.07) is 0. The first-order chi connectivity index (χ1) is 8.40. The number of methoxy groups -OCH3 is 1. The first kappa shape index (κ1) is 15.2. The first-order valence-corrected chi connectivity index (χ1v) is 5.99. The van der Waals surface area contributed by atoms with Gasteiger partial charge in [-0.1, -0.05) is 0 Å². The summed E-state index contributed by atoms with van der Waals surface area (Å²) in [6.45, 7) is 2.00. The van der Waals surface area contributed by atoms with Gasteiger partial charge in [0.2, 0.25) is 0 Å². The predicted octanol–water partition coefficient (Wildman–Crippen LogP) is 1.12. The average molecular weight is 268 g/mol. The molecule has 1 heterocycles. The van der Waals surface area contributed by atoms with Gasteiger partial charge in [-0.05, 0) is 13.0 Å². The Bertz CT molecular complexity index is 264. The van der Waals surface area contributed by atoms with Gasteiger partial charge in [0.25, 0.3) is 0 Å². The number of rotatable bonds is 5. The van der Waals surface area contributed by atoms with Crippen LogP contribution in [0.3, 0.4) is 0 Å². The molecule has 18 heavy (non-hydrogen) atoms. The normalized spacial score (nSPS) is 18.9. The van der Waals surface area contributed by atoms with Gasteiger partial charge in [0.1, 0.15) is 0 Å². The van der Waals surface area contributed by atoms with E-state index in [0.717, 1.165) is 6.54 Å². The average Bonchev–Trinajstić information content (AvgIpc) is 2.29. The monoisotopic (exact) mass is 268 g/mol. The molecule has 0 aliphatic carbocycles. The van der Waals surface area contributed by atoms with Crippen LogP contribution < -0.4 is 0 Å². The minimum absolute atomic E-state index is 0.245. The summed E-state index contributed by atoms with van der Waals surface area (Å²) in [5.74, 6) is -0.245. The second-order valence-corrected chi connectivity index (χ2v) is 4.41. The van der Waals surface area contributed by atoms with Gasteiger partial charge in [-0.2, -0.15) is 13.2 Å². The zero-order chi connectivity index (χ0) is 13.6. The van der Waals surface area contributed by atoms with Crippen molar-refractivity contribution in [3.8, 4) is 0 Å². The molecule has 0 aromatic carbocycles. The van der Waals surface area contributed by atoms with E-state index in [4.69, 9.17) is 0 Å². The molecule has 4 nitrogen and oxygen atoms in total. The van der Waals surface area contributed by atoms with Crippen LogP contribution >= 0.6 is 0 Å². The Morgan fingerprint density at radius 1 is 1.17 bits per heavy atom. The van der Waals surface area contributed by atoms with Crippen molar-refractivity contribution >= 4 is 5.97 Å². The van der Waals surface area contributed by atoms with Crippen LogP contribution in [0.15, 0.2) is 0 Å². The van der Waals surface area contributed by atoms with E-state index in [1.54, 1.807) is 0 Å². The van der Waals surface area contributed by atoms with Crippen molar-refractivity contribution in [2.45, 2.75) is 19.0 Å². The van der Waals surface area contributed by atoms with Gasteiger partial charge in [-0.25, -0.2) is 0 Å². The molecule has 0 amide bonds. The summed E-state index contributed by atoms with van der Waals surface area (Å²) in [5.41, 5.74) is 0. The first-order valence-electron chi connectivity index (χ1n) is 5.99. The van der Waals surface area contributed by atoms with E-state index in [1.165, 1.54) is 12.0 Å². The number of carbonyl (C=O) groups is 1. The third-order valence-corrected chi connectivity index (χ3v) is 2.95. The third-order valence-electron chi connectivity index (χ3n) is 2.95. The summed E-state index contributed by atoms with van der Waals surface area (Å²) in [5, 5.41) is 0. The molecule has 1 fully saturated rings. The molecule has 0 saturated carbocycles. The second-order valence-electron chi connectivity index (χ2n) is 4.41. The standard InChI is InChI=1S/C11H19F3N2O2/c1-18-10(17)3-2-4-15-5-7-16(8-6-15)9-11(12,13)14/h2-9H2,1H3. The van der Waals surface area contributed by atoms with Gasteiger partial charge < -0.3 is 9.64 Å². The lowest BCUT2D eigenvalue weighted by Crippen LogP contribution is -2.49. The van der Waals surface area contributed by atoms with E-state index in [2.05, 4.69) is 9.64 Å². The molecule has 0 aromatic heterocycles.